The number of benzene rings is 1. The van der Waals surface area contributed by atoms with E-state index in [-0.39, 0.29) is 17.9 Å². The van der Waals surface area contributed by atoms with Crippen LogP contribution in [0.1, 0.15) is 56.5 Å². The molecule has 1 aromatic carbocycles. The van der Waals surface area contributed by atoms with Crippen LogP contribution in [0.15, 0.2) is 24.3 Å². The lowest BCUT2D eigenvalue weighted by Gasteiger charge is -2.22. The summed E-state index contributed by atoms with van der Waals surface area (Å²) in [5.41, 5.74) is 0.650. The van der Waals surface area contributed by atoms with Crippen molar-refractivity contribution in [3.63, 3.8) is 0 Å². The first kappa shape index (κ1) is 18.0. The van der Waals surface area contributed by atoms with Gasteiger partial charge < -0.3 is 10.1 Å². The predicted molar refractivity (Wildman–Crippen MR) is 90.3 cm³/mol. The molecule has 1 saturated carbocycles. The Kier molecular flexibility index (Phi) is 4.98. The fourth-order valence-corrected chi connectivity index (χ4v) is 2.53. The van der Waals surface area contributed by atoms with Crippen molar-refractivity contribution in [1.29, 1.82) is 5.26 Å². The molecule has 0 saturated heterocycles. The van der Waals surface area contributed by atoms with E-state index < -0.39 is 17.4 Å². The van der Waals surface area contributed by atoms with Gasteiger partial charge in [0.1, 0.15) is 5.54 Å². The predicted octanol–water partition coefficient (Wildman–Crippen LogP) is 2.95. The zero-order valence-corrected chi connectivity index (χ0v) is 14.7. The normalized spacial score (nSPS) is 16.6. The number of hydrogen-bond donors (Lipinski definition) is 1. The summed E-state index contributed by atoms with van der Waals surface area (Å²) in [7, 11) is 0. The molecule has 1 atom stereocenters. The lowest BCUT2D eigenvalue weighted by molar-refractivity contribution is -0.125. The second kappa shape index (κ2) is 6.64. The molecule has 0 unspecified atom stereocenters. The molecule has 0 radical (unpaired) electrons. The maximum Gasteiger partial charge on any atom is 0.338 e. The Morgan fingerprint density at radius 3 is 2.25 bits per heavy atom. The molecule has 1 fully saturated rings. The van der Waals surface area contributed by atoms with Gasteiger partial charge in [-0.15, -0.1) is 0 Å². The largest absolute Gasteiger partial charge is 0.452 e. The summed E-state index contributed by atoms with van der Waals surface area (Å²) >= 11 is 0. The summed E-state index contributed by atoms with van der Waals surface area (Å²) in [5, 5.41) is 11.9. The Labute approximate surface area is 143 Å². The Bertz CT molecular complexity index is 663. The second-order valence-corrected chi connectivity index (χ2v) is 7.54. The highest BCUT2D eigenvalue weighted by Gasteiger charge is 2.43. The molecule has 1 amide bonds. The number of esters is 1. The summed E-state index contributed by atoms with van der Waals surface area (Å²) in [6.07, 6.45) is 1.87. The lowest BCUT2D eigenvalue weighted by Crippen LogP contribution is -2.48. The van der Waals surface area contributed by atoms with E-state index in [1.54, 1.807) is 19.1 Å². The maximum absolute atomic E-state index is 12.0. The van der Waals surface area contributed by atoms with E-state index in [4.69, 9.17) is 4.74 Å². The second-order valence-electron chi connectivity index (χ2n) is 7.54. The Balaban J connectivity index is 1.89. The van der Waals surface area contributed by atoms with Crippen molar-refractivity contribution in [2.75, 3.05) is 6.61 Å². The maximum atomic E-state index is 12.0. The molecule has 1 aliphatic carbocycles. The third kappa shape index (κ3) is 4.35. The molecule has 5 nitrogen and oxygen atoms in total. The average molecular weight is 328 g/mol. The van der Waals surface area contributed by atoms with Crippen LogP contribution in [0, 0.1) is 17.2 Å². The molecule has 0 heterocycles. The SMILES string of the molecule is CC(C)(C)c1ccc(C(=O)OCC(=O)N[C@](C)(C#N)C2CC2)cc1. The highest BCUT2D eigenvalue weighted by molar-refractivity contribution is 5.91. The van der Waals surface area contributed by atoms with Gasteiger partial charge in [-0.3, -0.25) is 4.79 Å². The van der Waals surface area contributed by atoms with Crippen LogP contribution >= 0.6 is 0 Å². The minimum atomic E-state index is -0.877. The molecule has 0 bridgehead atoms. The van der Waals surface area contributed by atoms with Crippen molar-refractivity contribution in [2.45, 2.75) is 51.5 Å². The Morgan fingerprint density at radius 1 is 1.21 bits per heavy atom. The van der Waals surface area contributed by atoms with Crippen molar-refractivity contribution in [2.24, 2.45) is 5.92 Å². The van der Waals surface area contributed by atoms with Gasteiger partial charge in [-0.1, -0.05) is 32.9 Å². The first-order valence-electron chi connectivity index (χ1n) is 8.15. The number of carbonyl (C=O) groups excluding carboxylic acids is 2. The van der Waals surface area contributed by atoms with E-state index in [2.05, 4.69) is 32.2 Å². The van der Waals surface area contributed by atoms with E-state index in [1.165, 1.54) is 0 Å². The van der Waals surface area contributed by atoms with Crippen LogP contribution in [-0.4, -0.2) is 24.0 Å². The van der Waals surface area contributed by atoms with Gasteiger partial charge in [0.05, 0.1) is 11.6 Å². The van der Waals surface area contributed by atoms with Gasteiger partial charge in [-0.25, -0.2) is 4.79 Å². The van der Waals surface area contributed by atoms with E-state index in [9.17, 15) is 14.9 Å². The molecule has 0 aromatic heterocycles. The van der Waals surface area contributed by atoms with Crippen LogP contribution in [0.25, 0.3) is 0 Å². The van der Waals surface area contributed by atoms with Gasteiger partial charge in [0.2, 0.25) is 0 Å². The molecule has 1 aliphatic rings. The fraction of sp³-hybridized carbons (Fsp3) is 0.526. The summed E-state index contributed by atoms with van der Waals surface area (Å²) in [4.78, 5) is 24.0. The summed E-state index contributed by atoms with van der Waals surface area (Å²) in [5.74, 6) is -0.812. The highest BCUT2D eigenvalue weighted by Crippen LogP contribution is 2.39. The number of nitriles is 1. The molecular weight excluding hydrogens is 304 g/mol. The third-order valence-electron chi connectivity index (χ3n) is 4.35. The smallest absolute Gasteiger partial charge is 0.338 e. The molecule has 2 rings (SSSR count). The zero-order valence-electron chi connectivity index (χ0n) is 14.7. The number of hydrogen-bond acceptors (Lipinski definition) is 4. The number of nitrogens with one attached hydrogen (secondary N) is 1. The van der Waals surface area contributed by atoms with Crippen molar-refractivity contribution >= 4 is 11.9 Å². The van der Waals surface area contributed by atoms with Crippen molar-refractivity contribution < 1.29 is 14.3 Å². The summed E-state index contributed by atoms with van der Waals surface area (Å²) < 4.78 is 5.05. The molecule has 0 aliphatic heterocycles. The first-order chi connectivity index (χ1) is 11.2. The quantitative estimate of drug-likeness (QED) is 0.843. The summed E-state index contributed by atoms with van der Waals surface area (Å²) in [6, 6.07) is 9.31. The van der Waals surface area contributed by atoms with Gasteiger partial charge in [0, 0.05) is 0 Å². The average Bonchev–Trinajstić information content (AvgIpc) is 3.37. The fourth-order valence-electron chi connectivity index (χ4n) is 2.53. The first-order valence-corrected chi connectivity index (χ1v) is 8.15. The van der Waals surface area contributed by atoms with Crippen LogP contribution < -0.4 is 5.32 Å². The van der Waals surface area contributed by atoms with Gasteiger partial charge >= 0.3 is 5.97 Å². The van der Waals surface area contributed by atoms with Crippen LogP contribution in [-0.2, 0) is 14.9 Å². The number of nitrogens with zero attached hydrogens (tertiary/aromatic N) is 1. The zero-order chi connectivity index (χ0) is 18.0. The van der Waals surface area contributed by atoms with Crippen molar-refractivity contribution in [3.05, 3.63) is 35.4 Å². The molecule has 128 valence electrons. The molecular formula is C19H24N2O3. The Morgan fingerprint density at radius 2 is 1.79 bits per heavy atom. The topological polar surface area (TPSA) is 79.2 Å². The molecule has 0 spiro atoms. The summed E-state index contributed by atoms with van der Waals surface area (Å²) in [6.45, 7) is 7.60. The van der Waals surface area contributed by atoms with Crippen LogP contribution in [0.2, 0.25) is 0 Å². The lowest BCUT2D eigenvalue weighted by atomic mass is 9.87. The van der Waals surface area contributed by atoms with Gasteiger partial charge in [0.15, 0.2) is 6.61 Å². The number of rotatable bonds is 5. The number of carbonyl (C=O) groups is 2. The van der Waals surface area contributed by atoms with Crippen LogP contribution in [0.4, 0.5) is 0 Å². The van der Waals surface area contributed by atoms with E-state index >= 15 is 0 Å². The minimum Gasteiger partial charge on any atom is -0.452 e. The van der Waals surface area contributed by atoms with Crippen LogP contribution in [0.5, 0.6) is 0 Å². The highest BCUT2D eigenvalue weighted by atomic mass is 16.5. The number of ether oxygens (including phenoxy) is 1. The monoisotopic (exact) mass is 328 g/mol. The van der Waals surface area contributed by atoms with Crippen molar-refractivity contribution in [3.8, 4) is 6.07 Å². The van der Waals surface area contributed by atoms with Crippen molar-refractivity contribution in [1.82, 2.24) is 5.32 Å². The molecule has 5 heteroatoms. The molecule has 24 heavy (non-hydrogen) atoms. The van der Waals surface area contributed by atoms with Gasteiger partial charge in [-0.2, -0.15) is 5.26 Å². The van der Waals surface area contributed by atoms with E-state index in [0.717, 1.165) is 18.4 Å². The van der Waals surface area contributed by atoms with E-state index in [1.807, 2.05) is 12.1 Å². The minimum absolute atomic E-state index is 0.00683. The van der Waals surface area contributed by atoms with Gasteiger partial charge in [0.25, 0.3) is 5.91 Å². The van der Waals surface area contributed by atoms with Gasteiger partial charge in [-0.05, 0) is 48.8 Å². The Hall–Kier alpha value is -2.35. The number of amides is 1. The van der Waals surface area contributed by atoms with Crippen LogP contribution in [0.3, 0.4) is 0 Å². The third-order valence-corrected chi connectivity index (χ3v) is 4.35. The molecule has 1 N–H and O–H groups in total. The van der Waals surface area contributed by atoms with E-state index in [0.29, 0.717) is 5.56 Å². The standard InChI is InChI=1S/C19H24N2O3/c1-18(2,3)14-7-5-13(6-8-14)17(23)24-11-16(22)21-19(4,12-20)15-9-10-15/h5-8,15H,9-11H2,1-4H3,(H,21,22)/t19-/m1/s1. The molecule has 1 aromatic rings.